The topological polar surface area (TPSA) is 91.5 Å². The highest BCUT2D eigenvalue weighted by Gasteiger charge is 2.16. The number of rotatable bonds is 5. The fraction of sp³-hybridized carbons (Fsp3) is 0.235. The van der Waals surface area contributed by atoms with Crippen molar-refractivity contribution >= 4 is 60.0 Å². The summed E-state index contributed by atoms with van der Waals surface area (Å²) in [6, 6.07) is 7.23. The number of carbonyl (C=O) groups is 1. The molecule has 9 heteroatoms. The maximum atomic E-state index is 12.5. The number of nitrogens with one attached hydrogen (secondary N) is 1. The van der Waals surface area contributed by atoms with Crippen LogP contribution in [0.15, 0.2) is 28.7 Å². The Hall–Kier alpha value is -2.49. The molecule has 3 aromatic heterocycles. The highest BCUT2D eigenvalue weighted by molar-refractivity contribution is 7.29. The Morgan fingerprint density at radius 1 is 1.31 bits per heavy atom. The Kier molecular flexibility index (Phi) is 4.35. The molecule has 0 unspecified atom stereocenters. The van der Waals surface area contributed by atoms with Crippen LogP contribution in [0.4, 0.5) is 10.8 Å². The van der Waals surface area contributed by atoms with Gasteiger partial charge in [0, 0.05) is 26.2 Å². The van der Waals surface area contributed by atoms with Crippen molar-refractivity contribution in [3.05, 3.63) is 35.0 Å². The van der Waals surface area contributed by atoms with Gasteiger partial charge in [0.25, 0.3) is 5.91 Å². The van der Waals surface area contributed by atoms with Crippen LogP contribution in [0.25, 0.3) is 20.6 Å². The molecule has 0 aliphatic carbocycles. The number of hydrogen-bond donors (Lipinski definition) is 2. The standard InChI is InChI=1S/C17H16N4O3S2/c1-9-18-11-7-10(3-4-12(11)24-9)19-15(23)13-8-14-16(25-13)20-17(26-14)21(2)5-6-22/h3-4,7-8,22H,5-6H2,1-2H3,(H,19,23). The third-order valence-electron chi connectivity index (χ3n) is 3.82. The molecule has 0 radical (unpaired) electrons. The molecule has 7 nitrogen and oxygen atoms in total. The van der Waals surface area contributed by atoms with Gasteiger partial charge in [-0.15, -0.1) is 11.3 Å². The molecule has 134 valence electrons. The number of anilines is 2. The van der Waals surface area contributed by atoms with E-state index >= 15 is 0 Å². The van der Waals surface area contributed by atoms with Gasteiger partial charge in [-0.1, -0.05) is 11.3 Å². The number of fused-ring (bicyclic) bond motifs is 2. The molecule has 0 spiro atoms. The van der Waals surface area contributed by atoms with E-state index in [1.165, 1.54) is 22.7 Å². The van der Waals surface area contributed by atoms with E-state index < -0.39 is 0 Å². The first kappa shape index (κ1) is 17.0. The van der Waals surface area contributed by atoms with Crippen LogP contribution in [0.3, 0.4) is 0 Å². The maximum absolute atomic E-state index is 12.5. The first-order valence-corrected chi connectivity index (χ1v) is 9.57. The quantitative estimate of drug-likeness (QED) is 0.544. The minimum absolute atomic E-state index is 0.0762. The number of aryl methyl sites for hydroxylation is 1. The number of aliphatic hydroxyl groups excluding tert-OH is 1. The summed E-state index contributed by atoms with van der Waals surface area (Å²) in [4.78, 5) is 24.7. The number of thiazole rings is 1. The summed E-state index contributed by atoms with van der Waals surface area (Å²) in [7, 11) is 1.88. The summed E-state index contributed by atoms with van der Waals surface area (Å²) in [5.41, 5.74) is 2.08. The van der Waals surface area contributed by atoms with Crippen LogP contribution in [0.1, 0.15) is 15.6 Å². The fourth-order valence-electron chi connectivity index (χ4n) is 2.56. The lowest BCUT2D eigenvalue weighted by atomic mass is 10.3. The zero-order chi connectivity index (χ0) is 18.3. The number of hydrogen-bond acceptors (Lipinski definition) is 8. The summed E-state index contributed by atoms with van der Waals surface area (Å²) < 4.78 is 6.40. The van der Waals surface area contributed by atoms with Crippen LogP contribution in [0, 0.1) is 6.92 Å². The molecular weight excluding hydrogens is 372 g/mol. The first-order chi connectivity index (χ1) is 12.5. The second-order valence-electron chi connectivity index (χ2n) is 5.79. The molecule has 0 bridgehead atoms. The van der Waals surface area contributed by atoms with Crippen molar-refractivity contribution in [2.45, 2.75) is 6.92 Å². The SMILES string of the molecule is Cc1nc2cc(NC(=O)c3cc4sc(N(C)CCO)nc4s3)ccc2o1. The van der Waals surface area contributed by atoms with Gasteiger partial charge in [-0.05, 0) is 24.3 Å². The zero-order valence-electron chi connectivity index (χ0n) is 14.1. The van der Waals surface area contributed by atoms with Gasteiger partial charge in [0.05, 0.1) is 16.2 Å². The first-order valence-electron chi connectivity index (χ1n) is 7.94. The Bertz CT molecular complexity index is 1070. The van der Waals surface area contributed by atoms with Gasteiger partial charge < -0.3 is 19.7 Å². The maximum Gasteiger partial charge on any atom is 0.265 e. The molecule has 2 N–H and O–H groups in total. The van der Waals surface area contributed by atoms with Crippen LogP contribution in [-0.2, 0) is 0 Å². The lowest BCUT2D eigenvalue weighted by Gasteiger charge is -2.12. The van der Waals surface area contributed by atoms with E-state index in [0.29, 0.717) is 34.1 Å². The highest BCUT2D eigenvalue weighted by Crippen LogP contribution is 2.34. The summed E-state index contributed by atoms with van der Waals surface area (Å²) in [5, 5.41) is 12.7. The van der Waals surface area contributed by atoms with E-state index in [1.807, 2.05) is 18.0 Å². The summed E-state index contributed by atoms with van der Waals surface area (Å²) in [6.45, 7) is 2.39. The number of thiophene rings is 1. The van der Waals surface area contributed by atoms with E-state index in [9.17, 15) is 4.79 Å². The van der Waals surface area contributed by atoms with Gasteiger partial charge in [0.2, 0.25) is 0 Å². The van der Waals surface area contributed by atoms with Gasteiger partial charge in [0.1, 0.15) is 10.3 Å². The molecule has 3 heterocycles. The number of aromatic nitrogens is 2. The Morgan fingerprint density at radius 2 is 2.15 bits per heavy atom. The molecule has 4 aromatic rings. The molecule has 1 amide bonds. The smallest absolute Gasteiger partial charge is 0.265 e. The van der Waals surface area contributed by atoms with Gasteiger partial charge in [-0.3, -0.25) is 4.79 Å². The third-order valence-corrected chi connectivity index (χ3v) is 6.09. The third kappa shape index (κ3) is 3.16. The van der Waals surface area contributed by atoms with Crippen molar-refractivity contribution < 1.29 is 14.3 Å². The lowest BCUT2D eigenvalue weighted by molar-refractivity contribution is 0.103. The van der Waals surface area contributed by atoms with Crippen molar-refractivity contribution in [2.24, 2.45) is 0 Å². The van der Waals surface area contributed by atoms with Crippen LogP contribution in [0.2, 0.25) is 0 Å². The summed E-state index contributed by atoms with van der Waals surface area (Å²) in [6.07, 6.45) is 0. The molecule has 4 rings (SSSR count). The average molecular weight is 388 g/mol. The molecule has 0 aliphatic rings. The van der Waals surface area contributed by atoms with Crippen molar-refractivity contribution in [1.29, 1.82) is 0 Å². The highest BCUT2D eigenvalue weighted by atomic mass is 32.1. The molecule has 0 aliphatic heterocycles. The second kappa shape index (κ2) is 6.67. The fourth-order valence-corrected chi connectivity index (χ4v) is 4.65. The molecule has 0 fully saturated rings. The van der Waals surface area contributed by atoms with Gasteiger partial charge in [-0.2, -0.15) is 0 Å². The number of benzene rings is 1. The Morgan fingerprint density at radius 3 is 2.92 bits per heavy atom. The molecule has 0 saturated heterocycles. The second-order valence-corrected chi connectivity index (χ2v) is 7.83. The Labute approximate surface area is 156 Å². The summed E-state index contributed by atoms with van der Waals surface area (Å²) >= 11 is 2.86. The molecule has 1 aromatic carbocycles. The van der Waals surface area contributed by atoms with Crippen molar-refractivity contribution in [3.63, 3.8) is 0 Å². The van der Waals surface area contributed by atoms with Crippen LogP contribution < -0.4 is 10.2 Å². The number of amides is 1. The predicted octanol–water partition coefficient (Wildman–Crippen LogP) is 3.49. The number of oxazole rings is 1. The zero-order valence-corrected chi connectivity index (χ0v) is 15.8. The van der Waals surface area contributed by atoms with E-state index in [2.05, 4.69) is 15.3 Å². The van der Waals surface area contributed by atoms with E-state index in [4.69, 9.17) is 9.52 Å². The Balaban J connectivity index is 1.54. The van der Waals surface area contributed by atoms with Crippen molar-refractivity contribution in [2.75, 3.05) is 30.4 Å². The van der Waals surface area contributed by atoms with Gasteiger partial charge in [0.15, 0.2) is 16.6 Å². The van der Waals surface area contributed by atoms with Crippen LogP contribution in [-0.4, -0.2) is 41.2 Å². The monoisotopic (exact) mass is 388 g/mol. The molecular formula is C17H16N4O3S2. The molecule has 26 heavy (non-hydrogen) atoms. The average Bonchev–Trinajstić information content (AvgIpc) is 3.25. The number of carbonyl (C=O) groups excluding carboxylic acids is 1. The van der Waals surface area contributed by atoms with Crippen molar-refractivity contribution in [1.82, 2.24) is 9.97 Å². The van der Waals surface area contributed by atoms with Gasteiger partial charge in [-0.25, -0.2) is 9.97 Å². The van der Waals surface area contributed by atoms with Gasteiger partial charge >= 0.3 is 0 Å². The summed E-state index contributed by atoms with van der Waals surface area (Å²) in [5.74, 6) is 0.417. The number of likely N-dealkylation sites (N-methyl/N-ethyl adjacent to an activating group) is 1. The van der Waals surface area contributed by atoms with Crippen LogP contribution in [0.5, 0.6) is 0 Å². The minimum Gasteiger partial charge on any atom is -0.441 e. The predicted molar refractivity (Wildman–Crippen MR) is 105 cm³/mol. The van der Waals surface area contributed by atoms with E-state index in [0.717, 1.165) is 14.7 Å². The number of nitrogens with zero attached hydrogens (tertiary/aromatic N) is 3. The van der Waals surface area contributed by atoms with Crippen LogP contribution >= 0.6 is 22.7 Å². The van der Waals surface area contributed by atoms with Crippen molar-refractivity contribution in [3.8, 4) is 0 Å². The normalized spacial score (nSPS) is 11.3. The number of aliphatic hydroxyl groups is 1. The molecule has 0 atom stereocenters. The van der Waals surface area contributed by atoms with E-state index in [-0.39, 0.29) is 12.5 Å². The largest absolute Gasteiger partial charge is 0.441 e. The molecule has 0 saturated carbocycles. The lowest BCUT2D eigenvalue weighted by Crippen LogP contribution is -2.20. The minimum atomic E-state index is -0.176. The van der Waals surface area contributed by atoms with E-state index in [1.54, 1.807) is 25.1 Å².